The third kappa shape index (κ3) is 5.75. The van der Waals surface area contributed by atoms with Gasteiger partial charge in [0.1, 0.15) is 0 Å². The van der Waals surface area contributed by atoms with E-state index >= 15 is 0 Å². The van der Waals surface area contributed by atoms with E-state index in [1.807, 2.05) is 13.8 Å². The molecule has 0 radical (unpaired) electrons. The van der Waals surface area contributed by atoms with Gasteiger partial charge in [-0.1, -0.05) is 0 Å². The van der Waals surface area contributed by atoms with E-state index in [4.69, 9.17) is 0 Å². The first-order valence-corrected chi connectivity index (χ1v) is 6.59. The van der Waals surface area contributed by atoms with Gasteiger partial charge >= 0.3 is 12.1 Å². The smallest absolute Gasteiger partial charge is 0.344 e. The number of amides is 5. The Hall–Kier alpha value is -2.01. The fourth-order valence-electron chi connectivity index (χ4n) is 1.16. The minimum atomic E-state index is -0.681. The maximum Gasteiger partial charge on any atom is 0.356 e. The summed E-state index contributed by atoms with van der Waals surface area (Å²) in [6.07, 6.45) is 0. The van der Waals surface area contributed by atoms with Crippen LogP contribution in [0.15, 0.2) is 5.10 Å². The third-order valence-corrected chi connectivity index (χ3v) is 2.43. The van der Waals surface area contributed by atoms with Crippen molar-refractivity contribution in [1.82, 2.24) is 31.4 Å². The second-order valence-corrected chi connectivity index (χ2v) is 4.99. The maximum absolute atomic E-state index is 11.5. The van der Waals surface area contributed by atoms with Crippen LogP contribution < -0.4 is 26.4 Å². The molecule has 1 rings (SSSR count). The van der Waals surface area contributed by atoms with E-state index in [1.54, 1.807) is 6.92 Å². The molecule has 0 unspecified atom stereocenters. The Morgan fingerprint density at radius 1 is 1.45 bits per heavy atom. The van der Waals surface area contributed by atoms with Crippen molar-refractivity contribution in [2.45, 2.75) is 26.8 Å². The summed E-state index contributed by atoms with van der Waals surface area (Å²) in [6, 6.07) is -1.22. The van der Waals surface area contributed by atoms with Gasteiger partial charge in [-0.25, -0.2) is 25.4 Å². The largest absolute Gasteiger partial charge is 0.356 e. The van der Waals surface area contributed by atoms with Gasteiger partial charge in [-0.3, -0.25) is 10.2 Å². The highest BCUT2D eigenvalue weighted by molar-refractivity contribution is 8.11. The van der Waals surface area contributed by atoms with Gasteiger partial charge in [0, 0.05) is 18.0 Å². The average molecular weight is 303 g/mol. The maximum atomic E-state index is 11.5. The lowest BCUT2D eigenvalue weighted by Gasteiger charge is -2.25. The quantitative estimate of drug-likeness (QED) is 0.365. The first kappa shape index (κ1) is 16.0. The van der Waals surface area contributed by atoms with Crippen LogP contribution in [-0.2, 0) is 0 Å². The zero-order valence-electron chi connectivity index (χ0n) is 11.3. The molecule has 0 aromatic rings. The van der Waals surface area contributed by atoms with Crippen molar-refractivity contribution in [3.05, 3.63) is 0 Å². The molecule has 1 heterocycles. The van der Waals surface area contributed by atoms with Crippen molar-refractivity contribution in [3.63, 3.8) is 0 Å². The molecule has 0 fully saturated rings. The van der Waals surface area contributed by atoms with E-state index in [0.717, 1.165) is 5.01 Å². The molecule has 10 nitrogen and oxygen atoms in total. The highest BCUT2D eigenvalue weighted by Gasteiger charge is 2.20. The molecule has 5 amide bonds. The Bertz CT molecular complexity index is 426. The molecule has 0 saturated carbocycles. The lowest BCUT2D eigenvalue weighted by Crippen LogP contribution is -2.57. The molecule has 5 N–H and O–H groups in total. The van der Waals surface area contributed by atoms with E-state index in [-0.39, 0.29) is 17.8 Å². The standard InChI is InChI=1S/C9H17N7O3S/c1-5(2)10-9(19)20-15-12-7(17)14-16-4-6(3)11-13-8(16)18/h5,15H,4H2,1-3H3,(H,10,19)(H,13,18)(H2,12,14,17). The predicted octanol–water partition coefficient (Wildman–Crippen LogP) is -0.127. The number of hydrazine groups is 2. The van der Waals surface area contributed by atoms with Crippen LogP contribution in [0.25, 0.3) is 0 Å². The Kier molecular flexibility index (Phi) is 6.06. The van der Waals surface area contributed by atoms with Gasteiger partial charge in [0.2, 0.25) is 0 Å². The lowest BCUT2D eigenvalue weighted by atomic mass is 10.4. The highest BCUT2D eigenvalue weighted by atomic mass is 32.2. The molecular formula is C9H17N7O3S. The van der Waals surface area contributed by atoms with Gasteiger partial charge < -0.3 is 5.32 Å². The fourth-order valence-corrected chi connectivity index (χ4v) is 1.69. The number of rotatable bonds is 4. The molecule has 1 aliphatic rings. The monoisotopic (exact) mass is 303 g/mol. The molecular weight excluding hydrogens is 286 g/mol. The molecule has 20 heavy (non-hydrogen) atoms. The Morgan fingerprint density at radius 2 is 2.15 bits per heavy atom. The van der Waals surface area contributed by atoms with Crippen molar-refractivity contribution >= 4 is 35.0 Å². The Morgan fingerprint density at radius 3 is 2.80 bits per heavy atom. The summed E-state index contributed by atoms with van der Waals surface area (Å²) in [7, 11) is 0. The van der Waals surface area contributed by atoms with Crippen molar-refractivity contribution in [1.29, 1.82) is 0 Å². The van der Waals surface area contributed by atoms with Crippen molar-refractivity contribution in [3.8, 4) is 0 Å². The molecule has 0 aromatic carbocycles. The van der Waals surface area contributed by atoms with E-state index in [0.29, 0.717) is 17.7 Å². The number of urea groups is 2. The number of nitrogens with one attached hydrogen (secondary N) is 5. The summed E-state index contributed by atoms with van der Waals surface area (Å²) < 4.78 is 0. The van der Waals surface area contributed by atoms with Gasteiger partial charge in [-0.2, -0.15) is 9.93 Å². The van der Waals surface area contributed by atoms with Crippen molar-refractivity contribution in [2.24, 2.45) is 5.10 Å². The molecule has 0 aromatic heterocycles. The summed E-state index contributed by atoms with van der Waals surface area (Å²) in [5, 5.41) is 7.04. The molecule has 1 aliphatic heterocycles. The van der Waals surface area contributed by atoms with Gasteiger partial charge in [-0.05, 0) is 20.8 Å². The lowest BCUT2D eigenvalue weighted by molar-refractivity contribution is 0.172. The molecule has 0 aliphatic carbocycles. The van der Waals surface area contributed by atoms with Crippen LogP contribution >= 0.6 is 11.9 Å². The first-order valence-electron chi connectivity index (χ1n) is 5.78. The number of hydrazone groups is 1. The first-order chi connectivity index (χ1) is 9.38. The Balaban J connectivity index is 2.25. The minimum Gasteiger partial charge on any atom is -0.344 e. The number of nitrogens with zero attached hydrogens (tertiary/aromatic N) is 2. The summed E-state index contributed by atoms with van der Waals surface area (Å²) in [4.78, 5) is 36.4. The predicted molar refractivity (Wildman–Crippen MR) is 74.4 cm³/mol. The van der Waals surface area contributed by atoms with Crippen LogP contribution in [0.5, 0.6) is 0 Å². The van der Waals surface area contributed by atoms with Gasteiger partial charge in [-0.15, -0.1) is 0 Å². The zero-order valence-corrected chi connectivity index (χ0v) is 12.1. The van der Waals surface area contributed by atoms with Crippen LogP contribution in [0.4, 0.5) is 14.4 Å². The van der Waals surface area contributed by atoms with E-state index in [9.17, 15) is 14.4 Å². The Labute approximate surface area is 120 Å². The molecule has 0 bridgehead atoms. The van der Waals surface area contributed by atoms with Gasteiger partial charge in [0.15, 0.2) is 0 Å². The summed E-state index contributed by atoms with van der Waals surface area (Å²) >= 11 is 0.682. The van der Waals surface area contributed by atoms with Crippen molar-refractivity contribution < 1.29 is 14.4 Å². The number of hydrogen-bond donors (Lipinski definition) is 5. The number of carbonyl (C=O) groups is 3. The minimum absolute atomic E-state index is 0.00457. The highest BCUT2D eigenvalue weighted by Crippen LogP contribution is 1.95. The molecule has 0 atom stereocenters. The zero-order chi connectivity index (χ0) is 15.1. The van der Waals surface area contributed by atoms with Crippen molar-refractivity contribution in [2.75, 3.05) is 6.54 Å². The molecule has 112 valence electrons. The van der Waals surface area contributed by atoms with Crippen LogP contribution in [0.2, 0.25) is 0 Å². The summed E-state index contributed by atoms with van der Waals surface area (Å²) in [6.45, 7) is 5.52. The van der Waals surface area contributed by atoms with Crippen LogP contribution in [0, 0.1) is 0 Å². The third-order valence-electron chi connectivity index (χ3n) is 1.93. The van der Waals surface area contributed by atoms with Gasteiger partial charge in [0.05, 0.1) is 12.3 Å². The van der Waals surface area contributed by atoms with Crippen LogP contribution in [-0.4, -0.2) is 40.6 Å². The van der Waals surface area contributed by atoms with Crippen LogP contribution in [0.3, 0.4) is 0 Å². The normalized spacial score (nSPS) is 14.5. The van der Waals surface area contributed by atoms with E-state index < -0.39 is 12.1 Å². The fraction of sp³-hybridized carbons (Fsp3) is 0.556. The van der Waals surface area contributed by atoms with Crippen LogP contribution in [0.1, 0.15) is 20.8 Å². The molecule has 11 heteroatoms. The number of hydrogen-bond acceptors (Lipinski definition) is 6. The molecule has 0 saturated heterocycles. The van der Waals surface area contributed by atoms with E-state index in [2.05, 4.69) is 31.5 Å². The summed E-state index contributed by atoms with van der Waals surface area (Å²) in [5.41, 5.74) is 7.37. The summed E-state index contributed by atoms with van der Waals surface area (Å²) in [5.74, 6) is 0. The van der Waals surface area contributed by atoms with Gasteiger partial charge in [0.25, 0.3) is 5.24 Å². The second-order valence-electron chi connectivity index (χ2n) is 4.21. The topological polar surface area (TPSA) is 127 Å². The molecule has 0 spiro atoms. The number of carbonyl (C=O) groups excluding carboxylic acids is 3. The SMILES string of the molecule is CC1=NNC(=O)N(NC(=O)NNSC(=O)NC(C)C)C1. The average Bonchev–Trinajstić information content (AvgIpc) is 2.33. The van der Waals surface area contributed by atoms with E-state index in [1.165, 1.54) is 0 Å². The second kappa shape index (κ2) is 7.55.